The number of rotatable bonds is 5. The first-order chi connectivity index (χ1) is 15.0. The predicted octanol–water partition coefficient (Wildman–Crippen LogP) is 4.53. The van der Waals surface area contributed by atoms with Crippen LogP contribution in [0.2, 0.25) is 0 Å². The molecule has 1 heterocycles. The molecular weight excluding hydrogens is 392 g/mol. The van der Waals surface area contributed by atoms with Crippen molar-refractivity contribution in [3.05, 3.63) is 72.3 Å². The summed E-state index contributed by atoms with van der Waals surface area (Å²) in [5.74, 6) is 0.693. The standard InChI is InChI=1S/C24H22N4O3/c1-24(14-15-10-11-18(24)12-15)22(30)25-19-9-5-8-17(13-19)20(29)26-23-28-27-21(31-23)16-6-3-2-4-7-16/h2-11,13,15,18H,12,14H2,1H3,(H,25,30)(H,26,28,29)/t15-,18-,24+/m0/s1. The molecule has 3 aromatic rings. The Balaban J connectivity index is 1.27. The summed E-state index contributed by atoms with van der Waals surface area (Å²) in [6, 6.07) is 16.2. The van der Waals surface area contributed by atoms with Crippen LogP contribution in [0.5, 0.6) is 0 Å². The minimum atomic E-state index is -0.407. The maximum absolute atomic E-state index is 13.0. The van der Waals surface area contributed by atoms with Crippen LogP contribution in [0.1, 0.15) is 30.1 Å². The Hall–Kier alpha value is -3.74. The average molecular weight is 414 g/mol. The largest absolute Gasteiger partial charge is 0.403 e. The number of amides is 2. The Morgan fingerprint density at radius 2 is 1.87 bits per heavy atom. The monoisotopic (exact) mass is 414 g/mol. The van der Waals surface area contributed by atoms with Crippen molar-refractivity contribution in [1.29, 1.82) is 0 Å². The number of fused-ring (bicyclic) bond motifs is 2. The van der Waals surface area contributed by atoms with E-state index in [4.69, 9.17) is 4.42 Å². The summed E-state index contributed by atoms with van der Waals surface area (Å²) < 4.78 is 5.54. The minimum Gasteiger partial charge on any atom is -0.403 e. The fraction of sp³-hybridized carbons (Fsp3) is 0.250. The van der Waals surface area contributed by atoms with Gasteiger partial charge in [-0.05, 0) is 55.0 Å². The second-order valence-electron chi connectivity index (χ2n) is 8.38. The maximum atomic E-state index is 13.0. The van der Waals surface area contributed by atoms with Gasteiger partial charge in [-0.2, -0.15) is 0 Å². The molecule has 0 aliphatic heterocycles. The van der Waals surface area contributed by atoms with E-state index in [2.05, 4.69) is 33.0 Å². The van der Waals surface area contributed by atoms with Crippen LogP contribution in [0, 0.1) is 17.3 Å². The average Bonchev–Trinajstić information content (AvgIpc) is 3.51. The zero-order valence-corrected chi connectivity index (χ0v) is 17.0. The highest BCUT2D eigenvalue weighted by Gasteiger charge is 2.49. The van der Waals surface area contributed by atoms with E-state index in [1.165, 1.54) is 0 Å². The number of allylic oxidation sites excluding steroid dienone is 2. The van der Waals surface area contributed by atoms with Gasteiger partial charge in [0.05, 0.1) is 5.41 Å². The van der Waals surface area contributed by atoms with Gasteiger partial charge in [0.25, 0.3) is 5.91 Å². The maximum Gasteiger partial charge on any atom is 0.322 e. The lowest BCUT2D eigenvalue weighted by Crippen LogP contribution is -2.36. The first-order valence-corrected chi connectivity index (χ1v) is 10.3. The fourth-order valence-corrected chi connectivity index (χ4v) is 4.51. The molecule has 2 bridgehead atoms. The Labute approximate surface area is 179 Å². The summed E-state index contributed by atoms with van der Waals surface area (Å²) in [6.07, 6.45) is 6.28. The van der Waals surface area contributed by atoms with Gasteiger partial charge in [-0.15, -0.1) is 5.10 Å². The molecule has 0 saturated heterocycles. The third-order valence-electron chi connectivity index (χ3n) is 6.24. The predicted molar refractivity (Wildman–Crippen MR) is 116 cm³/mol. The molecule has 31 heavy (non-hydrogen) atoms. The molecule has 2 aliphatic carbocycles. The van der Waals surface area contributed by atoms with Crippen LogP contribution < -0.4 is 10.6 Å². The molecule has 2 aliphatic rings. The number of nitrogens with one attached hydrogen (secondary N) is 2. The van der Waals surface area contributed by atoms with Gasteiger partial charge < -0.3 is 9.73 Å². The number of hydrogen-bond acceptors (Lipinski definition) is 5. The first-order valence-electron chi connectivity index (χ1n) is 10.3. The lowest BCUT2D eigenvalue weighted by Gasteiger charge is -2.29. The van der Waals surface area contributed by atoms with E-state index >= 15 is 0 Å². The third-order valence-corrected chi connectivity index (χ3v) is 6.24. The van der Waals surface area contributed by atoms with E-state index in [-0.39, 0.29) is 17.8 Å². The van der Waals surface area contributed by atoms with E-state index in [0.717, 1.165) is 18.4 Å². The molecule has 7 nitrogen and oxygen atoms in total. The van der Waals surface area contributed by atoms with E-state index in [9.17, 15) is 9.59 Å². The quantitative estimate of drug-likeness (QED) is 0.598. The van der Waals surface area contributed by atoms with Crippen molar-refractivity contribution in [1.82, 2.24) is 10.2 Å². The molecule has 5 rings (SSSR count). The van der Waals surface area contributed by atoms with Crippen LogP contribution in [0.3, 0.4) is 0 Å². The van der Waals surface area contributed by atoms with E-state index in [1.54, 1.807) is 24.3 Å². The van der Waals surface area contributed by atoms with Gasteiger partial charge in [0.2, 0.25) is 11.8 Å². The molecular formula is C24H22N4O3. The number of nitrogens with zero attached hydrogens (tertiary/aromatic N) is 2. The van der Waals surface area contributed by atoms with Crippen molar-refractivity contribution in [2.24, 2.45) is 17.3 Å². The summed E-state index contributed by atoms with van der Waals surface area (Å²) in [5, 5.41) is 13.5. The van der Waals surface area contributed by atoms with E-state index in [0.29, 0.717) is 23.1 Å². The van der Waals surface area contributed by atoms with Gasteiger partial charge in [0.15, 0.2) is 0 Å². The second-order valence-corrected chi connectivity index (χ2v) is 8.38. The summed E-state index contributed by atoms with van der Waals surface area (Å²) in [6.45, 7) is 2.02. The highest BCUT2D eigenvalue weighted by molar-refractivity contribution is 6.04. The molecule has 0 unspecified atom stereocenters. The normalized spacial score (nSPS) is 23.6. The van der Waals surface area contributed by atoms with Crippen LogP contribution in [0.15, 0.2) is 71.2 Å². The van der Waals surface area contributed by atoms with Gasteiger partial charge in [-0.25, -0.2) is 0 Å². The van der Waals surface area contributed by atoms with Crippen molar-refractivity contribution in [3.8, 4) is 11.5 Å². The Kier molecular flexibility index (Phi) is 4.66. The summed E-state index contributed by atoms with van der Waals surface area (Å²) in [7, 11) is 0. The number of carbonyl (C=O) groups is 2. The summed E-state index contributed by atoms with van der Waals surface area (Å²) in [5.41, 5.74) is 1.33. The topological polar surface area (TPSA) is 97.1 Å². The lowest BCUT2D eigenvalue weighted by atomic mass is 9.77. The molecule has 1 aromatic heterocycles. The molecule has 3 atom stereocenters. The molecule has 2 N–H and O–H groups in total. The zero-order valence-electron chi connectivity index (χ0n) is 17.0. The fourth-order valence-electron chi connectivity index (χ4n) is 4.51. The molecule has 0 spiro atoms. The van der Waals surface area contributed by atoms with E-state index in [1.807, 2.05) is 37.3 Å². The SMILES string of the molecule is C[C@@]1(C(=O)Nc2cccc(C(=O)Nc3nnc(-c4ccccc4)o3)c2)C[C@H]2C=C[C@H]1C2. The number of aromatic nitrogens is 2. The van der Waals surface area contributed by atoms with Crippen molar-refractivity contribution in [2.45, 2.75) is 19.8 Å². The van der Waals surface area contributed by atoms with Gasteiger partial charge >= 0.3 is 6.01 Å². The molecule has 7 heteroatoms. The smallest absolute Gasteiger partial charge is 0.322 e. The molecule has 1 saturated carbocycles. The van der Waals surface area contributed by atoms with Crippen LogP contribution >= 0.6 is 0 Å². The van der Waals surface area contributed by atoms with Gasteiger partial charge in [-0.1, -0.05) is 48.4 Å². The van der Waals surface area contributed by atoms with Crippen LogP contribution in [-0.4, -0.2) is 22.0 Å². The van der Waals surface area contributed by atoms with Crippen LogP contribution in [-0.2, 0) is 4.79 Å². The lowest BCUT2D eigenvalue weighted by molar-refractivity contribution is -0.126. The highest BCUT2D eigenvalue weighted by atomic mass is 16.4. The highest BCUT2D eigenvalue weighted by Crippen LogP contribution is 2.52. The summed E-state index contributed by atoms with van der Waals surface area (Å²) >= 11 is 0. The Bertz CT molecular complexity index is 1170. The minimum absolute atomic E-state index is 0.00804. The van der Waals surface area contributed by atoms with E-state index < -0.39 is 11.3 Å². The zero-order chi connectivity index (χ0) is 21.4. The Morgan fingerprint density at radius 3 is 2.61 bits per heavy atom. The first kappa shape index (κ1) is 19.2. The summed E-state index contributed by atoms with van der Waals surface area (Å²) in [4.78, 5) is 25.6. The van der Waals surface area contributed by atoms with Gasteiger partial charge in [0, 0.05) is 16.8 Å². The number of anilines is 2. The molecule has 156 valence electrons. The second kappa shape index (κ2) is 7.50. The van der Waals surface area contributed by atoms with Gasteiger partial charge in [0.1, 0.15) is 0 Å². The van der Waals surface area contributed by atoms with Crippen molar-refractivity contribution in [3.63, 3.8) is 0 Å². The van der Waals surface area contributed by atoms with Crippen molar-refractivity contribution >= 4 is 23.5 Å². The van der Waals surface area contributed by atoms with Crippen LogP contribution in [0.4, 0.5) is 11.7 Å². The molecule has 1 fully saturated rings. The number of carbonyl (C=O) groups excluding carboxylic acids is 2. The van der Waals surface area contributed by atoms with Gasteiger partial charge in [-0.3, -0.25) is 14.9 Å². The third kappa shape index (κ3) is 3.63. The van der Waals surface area contributed by atoms with Crippen molar-refractivity contribution in [2.75, 3.05) is 10.6 Å². The Morgan fingerprint density at radius 1 is 1.03 bits per heavy atom. The number of hydrogen-bond donors (Lipinski definition) is 2. The molecule has 2 aromatic carbocycles. The van der Waals surface area contributed by atoms with Crippen molar-refractivity contribution < 1.29 is 14.0 Å². The molecule has 0 radical (unpaired) electrons. The number of benzene rings is 2. The molecule has 2 amide bonds. The van der Waals surface area contributed by atoms with Crippen LogP contribution in [0.25, 0.3) is 11.5 Å².